The van der Waals surface area contributed by atoms with Crippen LogP contribution in [0.25, 0.3) is 0 Å². The Labute approximate surface area is 133 Å². The molecule has 0 saturated heterocycles. The Morgan fingerprint density at radius 2 is 2.16 bits per heavy atom. The predicted molar refractivity (Wildman–Crippen MR) is 83.9 cm³/mol. The monoisotopic (exact) mass is 406 g/mol. The van der Waals surface area contributed by atoms with E-state index < -0.39 is 0 Å². The Morgan fingerprint density at radius 1 is 1.42 bits per heavy atom. The van der Waals surface area contributed by atoms with Crippen molar-refractivity contribution in [2.24, 2.45) is 5.84 Å². The van der Waals surface area contributed by atoms with Gasteiger partial charge in [0.05, 0.1) is 22.4 Å². The first kappa shape index (κ1) is 15.0. The zero-order valence-corrected chi connectivity index (χ0v) is 14.1. The Balaban J connectivity index is 2.56. The smallest absolute Gasteiger partial charge is 0.0901 e. The number of nitrogens with two attached hydrogens (primary N) is 1. The van der Waals surface area contributed by atoms with Gasteiger partial charge in [0.25, 0.3) is 0 Å². The molecule has 102 valence electrons. The van der Waals surface area contributed by atoms with E-state index >= 15 is 0 Å². The van der Waals surface area contributed by atoms with E-state index in [0.717, 1.165) is 26.7 Å². The van der Waals surface area contributed by atoms with Gasteiger partial charge in [-0.25, -0.2) is 5.43 Å². The quantitative estimate of drug-likeness (QED) is 0.600. The average Bonchev–Trinajstić information content (AvgIpc) is 2.76. The van der Waals surface area contributed by atoms with Crippen molar-refractivity contribution < 1.29 is 0 Å². The number of aryl methyl sites for hydroxylation is 1. The van der Waals surface area contributed by atoms with Crippen LogP contribution in [0.2, 0.25) is 5.02 Å². The lowest BCUT2D eigenvalue weighted by atomic mass is 10.0. The first-order valence-corrected chi connectivity index (χ1v) is 7.67. The Hall–Kier alpha value is -0.400. The highest BCUT2D eigenvalue weighted by Crippen LogP contribution is 2.33. The molecular formula is C12H13Br2ClN4. The molecule has 0 aliphatic rings. The lowest BCUT2D eigenvalue weighted by Gasteiger charge is -2.20. The maximum absolute atomic E-state index is 6.07. The zero-order valence-electron chi connectivity index (χ0n) is 10.2. The molecule has 0 saturated carbocycles. The fourth-order valence-electron chi connectivity index (χ4n) is 1.96. The molecule has 1 aromatic heterocycles. The van der Waals surface area contributed by atoms with Gasteiger partial charge in [0.15, 0.2) is 0 Å². The number of rotatable bonds is 4. The lowest BCUT2D eigenvalue weighted by molar-refractivity contribution is 0.541. The molecule has 7 heteroatoms. The average molecular weight is 409 g/mol. The van der Waals surface area contributed by atoms with Crippen LogP contribution in [-0.4, -0.2) is 9.78 Å². The number of nitrogens with one attached hydrogen (secondary N) is 1. The van der Waals surface area contributed by atoms with Gasteiger partial charge in [-0.1, -0.05) is 27.5 Å². The van der Waals surface area contributed by atoms with Crippen molar-refractivity contribution >= 4 is 43.5 Å². The highest BCUT2D eigenvalue weighted by molar-refractivity contribution is 9.10. The van der Waals surface area contributed by atoms with Crippen molar-refractivity contribution in [1.82, 2.24) is 15.2 Å². The fourth-order valence-corrected chi connectivity index (χ4v) is 3.14. The first-order chi connectivity index (χ1) is 9.08. The van der Waals surface area contributed by atoms with Crippen molar-refractivity contribution in [3.63, 3.8) is 0 Å². The van der Waals surface area contributed by atoms with Crippen molar-refractivity contribution in [3.05, 3.63) is 49.6 Å². The molecular weight excluding hydrogens is 395 g/mol. The van der Waals surface area contributed by atoms with E-state index in [4.69, 9.17) is 17.4 Å². The number of hydrazine groups is 1. The molecule has 0 spiro atoms. The number of halogens is 3. The summed E-state index contributed by atoms with van der Waals surface area (Å²) in [6.45, 7) is 2.79. The molecule has 1 aromatic carbocycles. The Bertz CT molecular complexity index is 585. The number of aromatic nitrogens is 2. The van der Waals surface area contributed by atoms with E-state index in [-0.39, 0.29) is 6.04 Å². The summed E-state index contributed by atoms with van der Waals surface area (Å²) in [6, 6.07) is 5.41. The van der Waals surface area contributed by atoms with Crippen LogP contribution in [0.4, 0.5) is 0 Å². The molecule has 3 N–H and O–H groups in total. The summed E-state index contributed by atoms with van der Waals surface area (Å²) in [4.78, 5) is 0. The molecule has 19 heavy (non-hydrogen) atoms. The van der Waals surface area contributed by atoms with E-state index in [2.05, 4.69) is 42.4 Å². The summed E-state index contributed by atoms with van der Waals surface area (Å²) in [7, 11) is 0. The molecule has 1 heterocycles. The topological polar surface area (TPSA) is 55.9 Å². The Kier molecular flexibility index (Phi) is 5.03. The summed E-state index contributed by atoms with van der Waals surface area (Å²) in [5.41, 5.74) is 4.75. The number of benzene rings is 1. The third kappa shape index (κ3) is 3.03. The molecule has 0 amide bonds. The van der Waals surface area contributed by atoms with Crippen LogP contribution in [0, 0.1) is 0 Å². The van der Waals surface area contributed by atoms with Crippen molar-refractivity contribution in [2.45, 2.75) is 19.5 Å². The van der Waals surface area contributed by atoms with Crippen LogP contribution >= 0.6 is 43.5 Å². The molecule has 0 aliphatic carbocycles. The maximum atomic E-state index is 6.07. The molecule has 0 aliphatic heterocycles. The van der Waals surface area contributed by atoms with Crippen molar-refractivity contribution in [3.8, 4) is 0 Å². The summed E-state index contributed by atoms with van der Waals surface area (Å²) in [5, 5.41) is 4.97. The van der Waals surface area contributed by atoms with Crippen LogP contribution in [0.5, 0.6) is 0 Å². The van der Waals surface area contributed by atoms with Gasteiger partial charge in [0.2, 0.25) is 0 Å². The van der Waals surface area contributed by atoms with Crippen LogP contribution in [0.1, 0.15) is 24.2 Å². The Morgan fingerprint density at radius 3 is 2.79 bits per heavy atom. The molecule has 4 nitrogen and oxygen atoms in total. The second-order valence-electron chi connectivity index (χ2n) is 3.96. The summed E-state index contributed by atoms with van der Waals surface area (Å²) in [6.07, 6.45) is 1.77. The van der Waals surface area contributed by atoms with E-state index in [0.29, 0.717) is 5.02 Å². The molecule has 1 atom stereocenters. The molecule has 0 radical (unpaired) electrons. The van der Waals surface area contributed by atoms with Gasteiger partial charge in [0.1, 0.15) is 0 Å². The van der Waals surface area contributed by atoms with Crippen LogP contribution in [0.3, 0.4) is 0 Å². The second-order valence-corrected chi connectivity index (χ2v) is 6.10. The highest BCUT2D eigenvalue weighted by atomic mass is 79.9. The van der Waals surface area contributed by atoms with Crippen LogP contribution in [0.15, 0.2) is 33.3 Å². The van der Waals surface area contributed by atoms with E-state index in [1.807, 2.05) is 29.8 Å². The van der Waals surface area contributed by atoms with Crippen LogP contribution < -0.4 is 11.3 Å². The minimum atomic E-state index is -0.204. The number of hydrogen-bond donors (Lipinski definition) is 2. The molecule has 0 bridgehead atoms. The maximum Gasteiger partial charge on any atom is 0.0901 e. The van der Waals surface area contributed by atoms with E-state index in [1.165, 1.54) is 0 Å². The van der Waals surface area contributed by atoms with Gasteiger partial charge in [-0.15, -0.1) is 0 Å². The zero-order chi connectivity index (χ0) is 14.0. The lowest BCUT2D eigenvalue weighted by Crippen LogP contribution is -2.31. The minimum Gasteiger partial charge on any atom is -0.271 e. The largest absolute Gasteiger partial charge is 0.271 e. The van der Waals surface area contributed by atoms with Gasteiger partial charge in [-0.2, -0.15) is 5.10 Å². The first-order valence-electron chi connectivity index (χ1n) is 5.70. The van der Waals surface area contributed by atoms with Gasteiger partial charge >= 0.3 is 0 Å². The van der Waals surface area contributed by atoms with Gasteiger partial charge < -0.3 is 0 Å². The molecule has 0 fully saturated rings. The summed E-state index contributed by atoms with van der Waals surface area (Å²) in [5.74, 6) is 5.73. The third-order valence-corrected chi connectivity index (χ3v) is 4.41. The normalized spacial score (nSPS) is 12.7. The molecule has 2 aromatic rings. The summed E-state index contributed by atoms with van der Waals surface area (Å²) >= 11 is 13.1. The minimum absolute atomic E-state index is 0.204. The second kappa shape index (κ2) is 6.37. The number of hydrogen-bond acceptors (Lipinski definition) is 3. The standard InChI is InChI=1S/C12H13Br2ClN4/c1-2-19-12(10(14)6-17-19)11(18-16)8-5-7(15)3-4-9(8)13/h3-6,11,18H,2,16H2,1H3. The van der Waals surface area contributed by atoms with Crippen LogP contribution in [-0.2, 0) is 6.54 Å². The van der Waals surface area contributed by atoms with E-state index in [1.54, 1.807) is 6.20 Å². The van der Waals surface area contributed by atoms with Crippen molar-refractivity contribution in [2.75, 3.05) is 0 Å². The molecule has 1 unspecified atom stereocenters. The highest BCUT2D eigenvalue weighted by Gasteiger charge is 2.22. The van der Waals surface area contributed by atoms with Crippen molar-refractivity contribution in [1.29, 1.82) is 0 Å². The predicted octanol–water partition coefficient (Wildman–Crippen LogP) is 3.63. The fraction of sp³-hybridized carbons (Fsp3) is 0.250. The van der Waals surface area contributed by atoms with Gasteiger partial charge in [-0.05, 0) is 46.6 Å². The summed E-state index contributed by atoms with van der Waals surface area (Å²) < 4.78 is 3.74. The SMILES string of the molecule is CCn1ncc(Br)c1C(NN)c1cc(Cl)ccc1Br. The van der Waals surface area contributed by atoms with Gasteiger partial charge in [-0.3, -0.25) is 10.5 Å². The number of nitrogens with zero attached hydrogens (tertiary/aromatic N) is 2. The molecule has 2 rings (SSSR count). The third-order valence-electron chi connectivity index (χ3n) is 2.84. The van der Waals surface area contributed by atoms with Gasteiger partial charge in [0, 0.05) is 16.0 Å². The van der Waals surface area contributed by atoms with E-state index in [9.17, 15) is 0 Å².